The zero-order valence-electron chi connectivity index (χ0n) is 11.9. The van der Waals surface area contributed by atoms with Crippen LogP contribution in [0.5, 0.6) is 0 Å². The van der Waals surface area contributed by atoms with Crippen LogP contribution < -0.4 is 0 Å². The fraction of sp³-hybridized carbons (Fsp3) is 0.500. The van der Waals surface area contributed by atoms with E-state index in [1.165, 1.54) is 12.1 Å². The number of alkyl halides is 3. The van der Waals surface area contributed by atoms with Crippen LogP contribution in [-0.4, -0.2) is 5.78 Å². The molecule has 1 atom stereocenters. The third-order valence-electron chi connectivity index (χ3n) is 4.20. The van der Waals surface area contributed by atoms with E-state index in [1.54, 1.807) is 13.8 Å². The zero-order chi connectivity index (χ0) is 15.9. The maximum atomic E-state index is 12.7. The highest BCUT2D eigenvalue weighted by atomic mass is 19.4. The van der Waals surface area contributed by atoms with Gasteiger partial charge >= 0.3 is 6.18 Å². The van der Waals surface area contributed by atoms with Crippen molar-refractivity contribution in [1.82, 2.24) is 0 Å². The highest BCUT2D eigenvalue weighted by molar-refractivity contribution is 5.94. The summed E-state index contributed by atoms with van der Waals surface area (Å²) >= 11 is 0. The Morgan fingerprint density at radius 1 is 1.29 bits per heavy atom. The molecule has 0 bridgehead atoms. The largest absolute Gasteiger partial charge is 0.416 e. The monoisotopic (exact) mass is 295 g/mol. The molecule has 1 aromatic rings. The Labute approximate surface area is 121 Å². The fourth-order valence-corrected chi connectivity index (χ4v) is 2.92. The normalized spacial score (nSPS) is 24.9. The molecular weight excluding hydrogens is 279 g/mol. The molecule has 1 aliphatic rings. The summed E-state index contributed by atoms with van der Waals surface area (Å²) in [5.74, 6) is -0.171. The summed E-state index contributed by atoms with van der Waals surface area (Å²) < 4.78 is 38.2. The van der Waals surface area contributed by atoms with Gasteiger partial charge in [-0.2, -0.15) is 18.4 Å². The van der Waals surface area contributed by atoms with Crippen LogP contribution in [-0.2, 0) is 17.4 Å². The van der Waals surface area contributed by atoms with E-state index in [2.05, 4.69) is 6.07 Å². The van der Waals surface area contributed by atoms with Crippen molar-refractivity contribution in [3.63, 3.8) is 0 Å². The van der Waals surface area contributed by atoms with Crippen LogP contribution in [0.4, 0.5) is 13.2 Å². The van der Waals surface area contributed by atoms with E-state index in [0.717, 1.165) is 12.1 Å². The quantitative estimate of drug-likeness (QED) is 0.822. The second-order valence-corrected chi connectivity index (χ2v) is 6.28. The minimum atomic E-state index is -4.42. The van der Waals surface area contributed by atoms with Crippen molar-refractivity contribution in [1.29, 1.82) is 5.26 Å². The number of nitriles is 1. The fourth-order valence-electron chi connectivity index (χ4n) is 2.92. The number of halogens is 3. The number of hydrogen-bond donors (Lipinski definition) is 0. The van der Waals surface area contributed by atoms with E-state index in [9.17, 15) is 23.2 Å². The molecule has 0 saturated heterocycles. The van der Waals surface area contributed by atoms with Crippen LogP contribution in [0.3, 0.4) is 0 Å². The van der Waals surface area contributed by atoms with Crippen molar-refractivity contribution in [2.45, 2.75) is 39.3 Å². The lowest BCUT2D eigenvalue weighted by molar-refractivity contribution is -0.137. The first-order chi connectivity index (χ1) is 9.61. The number of hydrogen-bond acceptors (Lipinski definition) is 2. The molecule has 1 aliphatic carbocycles. The Bertz CT molecular complexity index is 613. The predicted molar refractivity (Wildman–Crippen MR) is 71.2 cm³/mol. The lowest BCUT2D eigenvalue weighted by Gasteiger charge is -2.22. The predicted octanol–water partition coefficient (Wildman–Crippen LogP) is 4.15. The minimum Gasteiger partial charge on any atom is -0.297 e. The van der Waals surface area contributed by atoms with Gasteiger partial charge in [0.25, 0.3) is 0 Å². The molecule has 0 aliphatic heterocycles. The Balaban J connectivity index is 2.34. The molecule has 5 heteroatoms. The number of Topliss-reactive ketones (excluding diaryl/α,β-unsaturated/α-hetero) is 1. The molecule has 112 valence electrons. The number of rotatable bonds is 2. The minimum absolute atomic E-state index is 0.0374. The number of carbonyl (C=O) groups excluding carboxylic acids is 1. The Morgan fingerprint density at radius 2 is 1.95 bits per heavy atom. The van der Waals surface area contributed by atoms with Crippen LogP contribution in [0.1, 0.15) is 37.8 Å². The highest BCUT2D eigenvalue weighted by Gasteiger charge is 2.52. The van der Waals surface area contributed by atoms with Gasteiger partial charge in [0.15, 0.2) is 5.78 Å². The van der Waals surface area contributed by atoms with Crippen molar-refractivity contribution >= 4 is 5.78 Å². The van der Waals surface area contributed by atoms with Gasteiger partial charge in [0.1, 0.15) is 5.41 Å². The number of nitrogens with zero attached hydrogens (tertiary/aromatic N) is 1. The summed E-state index contributed by atoms with van der Waals surface area (Å²) in [7, 11) is 0. The summed E-state index contributed by atoms with van der Waals surface area (Å²) in [5, 5.41) is 9.42. The second kappa shape index (κ2) is 4.87. The number of ketones is 1. The Morgan fingerprint density at radius 3 is 2.43 bits per heavy atom. The van der Waals surface area contributed by atoms with Crippen molar-refractivity contribution in [3.05, 3.63) is 35.4 Å². The van der Waals surface area contributed by atoms with Gasteiger partial charge in [-0.05, 0) is 30.9 Å². The molecule has 0 radical (unpaired) electrons. The molecule has 0 N–H and O–H groups in total. The second-order valence-electron chi connectivity index (χ2n) is 6.28. The molecule has 0 spiro atoms. The third-order valence-corrected chi connectivity index (χ3v) is 4.20. The molecule has 21 heavy (non-hydrogen) atoms. The third kappa shape index (κ3) is 2.80. The SMILES string of the molecule is CC1(C)CCC(C#N)(Cc2cccc(C(F)(F)F)c2)C1=O. The van der Waals surface area contributed by atoms with Crippen molar-refractivity contribution in [2.75, 3.05) is 0 Å². The summed E-state index contributed by atoms with van der Waals surface area (Å²) in [5.41, 5.74) is -2.17. The van der Waals surface area contributed by atoms with E-state index in [-0.39, 0.29) is 12.2 Å². The summed E-state index contributed by atoms with van der Waals surface area (Å²) in [6.45, 7) is 3.56. The van der Waals surface area contributed by atoms with Crippen molar-refractivity contribution in [3.8, 4) is 6.07 Å². The molecule has 1 fully saturated rings. The lowest BCUT2D eigenvalue weighted by atomic mass is 9.77. The van der Waals surface area contributed by atoms with E-state index >= 15 is 0 Å². The molecule has 1 saturated carbocycles. The summed E-state index contributed by atoms with van der Waals surface area (Å²) in [6.07, 6.45) is -3.41. The molecule has 0 aromatic heterocycles. The van der Waals surface area contributed by atoms with Crippen LogP contribution in [0, 0.1) is 22.2 Å². The van der Waals surface area contributed by atoms with E-state index in [0.29, 0.717) is 18.4 Å². The van der Waals surface area contributed by atoms with Gasteiger partial charge in [-0.15, -0.1) is 0 Å². The van der Waals surface area contributed by atoms with Crippen molar-refractivity contribution in [2.24, 2.45) is 10.8 Å². The van der Waals surface area contributed by atoms with Crippen LogP contribution in [0.15, 0.2) is 24.3 Å². The molecule has 2 rings (SSSR count). The maximum absolute atomic E-state index is 12.7. The molecule has 1 unspecified atom stereocenters. The van der Waals surface area contributed by atoms with Crippen LogP contribution >= 0.6 is 0 Å². The highest BCUT2D eigenvalue weighted by Crippen LogP contribution is 2.47. The van der Waals surface area contributed by atoms with Gasteiger partial charge in [-0.1, -0.05) is 32.0 Å². The first-order valence-corrected chi connectivity index (χ1v) is 6.73. The van der Waals surface area contributed by atoms with Crippen LogP contribution in [0.2, 0.25) is 0 Å². The first-order valence-electron chi connectivity index (χ1n) is 6.73. The molecule has 0 amide bonds. The first kappa shape index (κ1) is 15.6. The molecular formula is C16H16F3NO. The Kier molecular flexibility index (Phi) is 3.61. The number of carbonyl (C=O) groups is 1. The maximum Gasteiger partial charge on any atom is 0.416 e. The topological polar surface area (TPSA) is 40.9 Å². The van der Waals surface area contributed by atoms with Gasteiger partial charge in [0.2, 0.25) is 0 Å². The van der Waals surface area contributed by atoms with E-state index < -0.39 is 22.6 Å². The Hall–Kier alpha value is -1.83. The van der Waals surface area contributed by atoms with Gasteiger partial charge in [-0.3, -0.25) is 4.79 Å². The molecule has 2 nitrogen and oxygen atoms in total. The van der Waals surface area contributed by atoms with Gasteiger partial charge in [0.05, 0.1) is 11.6 Å². The van der Waals surface area contributed by atoms with E-state index in [1.807, 2.05) is 0 Å². The smallest absolute Gasteiger partial charge is 0.297 e. The summed E-state index contributed by atoms with van der Waals surface area (Å²) in [6, 6.07) is 6.92. The summed E-state index contributed by atoms with van der Waals surface area (Å²) in [4.78, 5) is 12.4. The van der Waals surface area contributed by atoms with Gasteiger partial charge in [0, 0.05) is 5.41 Å². The zero-order valence-corrected chi connectivity index (χ0v) is 11.9. The number of benzene rings is 1. The average molecular weight is 295 g/mol. The lowest BCUT2D eigenvalue weighted by Crippen LogP contribution is -2.33. The standard InChI is InChI=1S/C16H16F3NO/c1-14(2)6-7-15(10-20,13(14)21)9-11-4-3-5-12(8-11)16(17,18)19/h3-5,8H,6-7,9H2,1-2H3. The van der Waals surface area contributed by atoms with Crippen molar-refractivity contribution < 1.29 is 18.0 Å². The average Bonchev–Trinajstić information content (AvgIpc) is 2.63. The molecule has 0 heterocycles. The molecule has 1 aromatic carbocycles. The van der Waals surface area contributed by atoms with E-state index in [4.69, 9.17) is 0 Å². The van der Waals surface area contributed by atoms with Crippen LogP contribution in [0.25, 0.3) is 0 Å². The van der Waals surface area contributed by atoms with Gasteiger partial charge < -0.3 is 0 Å². The van der Waals surface area contributed by atoms with Gasteiger partial charge in [-0.25, -0.2) is 0 Å².